The van der Waals surface area contributed by atoms with Gasteiger partial charge in [0, 0.05) is 24.7 Å². The van der Waals surface area contributed by atoms with Crippen LogP contribution in [0, 0.1) is 11.3 Å². The van der Waals surface area contributed by atoms with E-state index >= 15 is 0 Å². The van der Waals surface area contributed by atoms with Crippen molar-refractivity contribution in [3.63, 3.8) is 0 Å². The number of nitrogens with one attached hydrogen (secondary N) is 1. The van der Waals surface area contributed by atoms with E-state index in [0.717, 1.165) is 44.2 Å². The highest BCUT2D eigenvalue weighted by Gasteiger charge is 2.37. The van der Waals surface area contributed by atoms with Crippen LogP contribution < -0.4 is 16.0 Å². The van der Waals surface area contributed by atoms with Crippen LogP contribution >= 0.6 is 0 Å². The molecule has 4 rings (SSSR count). The molecule has 2 unspecified atom stereocenters. The van der Waals surface area contributed by atoms with E-state index in [2.05, 4.69) is 34.0 Å². The summed E-state index contributed by atoms with van der Waals surface area (Å²) in [5.74, 6) is 2.32. The van der Waals surface area contributed by atoms with Gasteiger partial charge in [0.1, 0.15) is 5.82 Å². The Bertz CT molecular complexity index is 569. The van der Waals surface area contributed by atoms with Crippen LogP contribution in [-0.2, 0) is 12.8 Å². The highest BCUT2D eigenvalue weighted by atomic mass is 15.3. The van der Waals surface area contributed by atoms with Crippen molar-refractivity contribution < 1.29 is 0 Å². The summed E-state index contributed by atoms with van der Waals surface area (Å²) in [6.45, 7) is 7.98. The standard InChI is InChI=1S/C17H27N5/c1-17(2)6-5-12-13(8-17)20-16(18)21-15(12)22-9-11-4-3-7-19-14(11)10-22/h11,14,19H,3-10H2,1-2H3,(H2,18,20,21). The lowest BCUT2D eigenvalue weighted by Crippen LogP contribution is -2.40. The van der Waals surface area contributed by atoms with Gasteiger partial charge in [0.25, 0.3) is 0 Å². The molecule has 0 bridgehead atoms. The lowest BCUT2D eigenvalue weighted by atomic mass is 9.76. The number of rotatable bonds is 1. The summed E-state index contributed by atoms with van der Waals surface area (Å²) in [7, 11) is 0. The van der Waals surface area contributed by atoms with Gasteiger partial charge in [-0.2, -0.15) is 4.98 Å². The van der Waals surface area contributed by atoms with E-state index in [-0.39, 0.29) is 0 Å². The molecule has 1 aliphatic carbocycles. The van der Waals surface area contributed by atoms with Crippen molar-refractivity contribution in [2.75, 3.05) is 30.3 Å². The Morgan fingerprint density at radius 3 is 2.95 bits per heavy atom. The summed E-state index contributed by atoms with van der Waals surface area (Å²) in [6.07, 6.45) is 5.94. The van der Waals surface area contributed by atoms with E-state index in [1.54, 1.807) is 0 Å². The van der Waals surface area contributed by atoms with Gasteiger partial charge in [-0.25, -0.2) is 4.98 Å². The van der Waals surface area contributed by atoms with Crippen LogP contribution in [0.1, 0.15) is 44.4 Å². The molecule has 1 aromatic rings. The number of hydrogen-bond acceptors (Lipinski definition) is 5. The minimum atomic E-state index is 0.325. The molecule has 2 fully saturated rings. The Kier molecular flexibility index (Phi) is 3.29. The molecule has 2 atom stereocenters. The van der Waals surface area contributed by atoms with Crippen molar-refractivity contribution in [2.45, 2.75) is 52.0 Å². The van der Waals surface area contributed by atoms with Gasteiger partial charge >= 0.3 is 0 Å². The first-order valence-corrected chi connectivity index (χ1v) is 8.65. The van der Waals surface area contributed by atoms with Crippen LogP contribution in [0.2, 0.25) is 0 Å². The molecule has 0 aromatic carbocycles. The highest BCUT2D eigenvalue weighted by Crippen LogP contribution is 2.39. The zero-order valence-electron chi connectivity index (χ0n) is 13.7. The van der Waals surface area contributed by atoms with Crippen LogP contribution in [0.25, 0.3) is 0 Å². The average Bonchev–Trinajstić information content (AvgIpc) is 2.88. The number of nitrogen functional groups attached to an aromatic ring is 1. The van der Waals surface area contributed by atoms with Gasteiger partial charge in [-0.3, -0.25) is 0 Å². The number of anilines is 2. The van der Waals surface area contributed by atoms with Crippen LogP contribution in [-0.4, -0.2) is 35.6 Å². The van der Waals surface area contributed by atoms with Crippen molar-refractivity contribution in [3.05, 3.63) is 11.3 Å². The second kappa shape index (κ2) is 5.08. The fourth-order valence-electron chi connectivity index (χ4n) is 4.42. The zero-order chi connectivity index (χ0) is 15.3. The number of nitrogens with zero attached hydrogens (tertiary/aromatic N) is 3. The molecule has 1 aromatic heterocycles. The Labute approximate surface area is 132 Å². The van der Waals surface area contributed by atoms with Gasteiger partial charge in [-0.1, -0.05) is 13.8 Å². The molecule has 2 aliphatic heterocycles. The van der Waals surface area contributed by atoms with E-state index in [4.69, 9.17) is 5.73 Å². The Morgan fingerprint density at radius 2 is 2.14 bits per heavy atom. The minimum Gasteiger partial charge on any atom is -0.368 e. The molecule has 3 N–H and O–H groups in total. The van der Waals surface area contributed by atoms with Crippen molar-refractivity contribution in [2.24, 2.45) is 11.3 Å². The summed E-state index contributed by atoms with van der Waals surface area (Å²) in [4.78, 5) is 11.7. The summed E-state index contributed by atoms with van der Waals surface area (Å²) in [5, 5.41) is 3.67. The van der Waals surface area contributed by atoms with Gasteiger partial charge < -0.3 is 16.0 Å². The van der Waals surface area contributed by atoms with Crippen molar-refractivity contribution in [3.8, 4) is 0 Å². The molecule has 3 heterocycles. The molecular formula is C17H27N5. The Hall–Kier alpha value is -1.36. The fourth-order valence-corrected chi connectivity index (χ4v) is 4.42. The third-order valence-electron chi connectivity index (χ3n) is 5.68. The summed E-state index contributed by atoms with van der Waals surface area (Å²) in [6, 6.07) is 0.626. The van der Waals surface area contributed by atoms with E-state index in [9.17, 15) is 0 Å². The highest BCUT2D eigenvalue weighted by molar-refractivity contribution is 5.54. The molecule has 120 valence electrons. The fraction of sp³-hybridized carbons (Fsp3) is 0.765. The van der Waals surface area contributed by atoms with E-state index < -0.39 is 0 Å². The normalized spacial score (nSPS) is 30.0. The van der Waals surface area contributed by atoms with E-state index in [1.165, 1.54) is 30.5 Å². The molecule has 5 heteroatoms. The molecule has 22 heavy (non-hydrogen) atoms. The first kappa shape index (κ1) is 14.2. The molecule has 5 nitrogen and oxygen atoms in total. The zero-order valence-corrected chi connectivity index (χ0v) is 13.7. The monoisotopic (exact) mass is 301 g/mol. The molecule has 3 aliphatic rings. The second-order valence-corrected chi connectivity index (χ2v) is 8.04. The first-order chi connectivity index (χ1) is 10.5. The number of fused-ring (bicyclic) bond motifs is 2. The maximum atomic E-state index is 6.02. The number of piperidine rings is 1. The number of hydrogen-bond donors (Lipinski definition) is 2. The third-order valence-corrected chi connectivity index (χ3v) is 5.68. The largest absolute Gasteiger partial charge is 0.368 e. The van der Waals surface area contributed by atoms with Crippen LogP contribution in [0.15, 0.2) is 0 Å². The SMILES string of the molecule is CC1(C)CCc2c(nc(N)nc2N2CC3CCCNC3C2)C1. The van der Waals surface area contributed by atoms with E-state index in [1.807, 2.05) is 0 Å². The summed E-state index contributed by atoms with van der Waals surface area (Å²) >= 11 is 0. The van der Waals surface area contributed by atoms with Gasteiger partial charge in [0.05, 0.1) is 5.69 Å². The van der Waals surface area contributed by atoms with Gasteiger partial charge in [-0.15, -0.1) is 0 Å². The molecular weight excluding hydrogens is 274 g/mol. The van der Waals surface area contributed by atoms with Gasteiger partial charge in [0.15, 0.2) is 0 Å². The molecule has 0 amide bonds. The predicted molar refractivity (Wildman–Crippen MR) is 89.0 cm³/mol. The second-order valence-electron chi connectivity index (χ2n) is 8.04. The molecule has 0 saturated carbocycles. The smallest absolute Gasteiger partial charge is 0.222 e. The van der Waals surface area contributed by atoms with Crippen LogP contribution in [0.5, 0.6) is 0 Å². The molecule has 0 spiro atoms. The van der Waals surface area contributed by atoms with Gasteiger partial charge in [-0.05, 0) is 50.0 Å². The Balaban J connectivity index is 1.66. The van der Waals surface area contributed by atoms with Gasteiger partial charge in [0.2, 0.25) is 5.95 Å². The van der Waals surface area contributed by atoms with Crippen LogP contribution in [0.4, 0.5) is 11.8 Å². The maximum absolute atomic E-state index is 6.02. The Morgan fingerprint density at radius 1 is 1.27 bits per heavy atom. The topological polar surface area (TPSA) is 67.1 Å². The number of nitrogens with two attached hydrogens (primary N) is 1. The molecule has 2 saturated heterocycles. The van der Waals surface area contributed by atoms with Crippen LogP contribution in [0.3, 0.4) is 0 Å². The summed E-state index contributed by atoms with van der Waals surface area (Å²) < 4.78 is 0. The average molecular weight is 301 g/mol. The lowest BCUT2D eigenvalue weighted by molar-refractivity contribution is 0.310. The summed E-state index contributed by atoms with van der Waals surface area (Å²) in [5.41, 5.74) is 8.88. The first-order valence-electron chi connectivity index (χ1n) is 8.65. The van der Waals surface area contributed by atoms with Crippen molar-refractivity contribution >= 4 is 11.8 Å². The number of aromatic nitrogens is 2. The maximum Gasteiger partial charge on any atom is 0.222 e. The third kappa shape index (κ3) is 2.45. The van der Waals surface area contributed by atoms with E-state index in [0.29, 0.717) is 17.4 Å². The quantitative estimate of drug-likeness (QED) is 0.827. The van der Waals surface area contributed by atoms with Crippen molar-refractivity contribution in [1.82, 2.24) is 15.3 Å². The van der Waals surface area contributed by atoms with Crippen molar-refractivity contribution in [1.29, 1.82) is 0 Å². The lowest BCUT2D eigenvalue weighted by Gasteiger charge is -2.33. The molecule has 0 radical (unpaired) electrons. The minimum absolute atomic E-state index is 0.325. The predicted octanol–water partition coefficient (Wildman–Crippen LogP) is 1.76.